The van der Waals surface area contributed by atoms with Gasteiger partial charge >= 0.3 is 0 Å². The SMILES string of the molecule is CC1CC1CN(C)C(=O)c1ccnc(CN)c1. The minimum Gasteiger partial charge on any atom is -0.341 e. The van der Waals surface area contributed by atoms with E-state index in [2.05, 4.69) is 11.9 Å². The van der Waals surface area contributed by atoms with Gasteiger partial charge in [-0.15, -0.1) is 0 Å². The molecular weight excluding hydrogens is 214 g/mol. The second-order valence-corrected chi connectivity index (χ2v) is 4.90. The molecule has 0 radical (unpaired) electrons. The zero-order valence-electron chi connectivity index (χ0n) is 10.4. The van der Waals surface area contributed by atoms with Gasteiger partial charge in [0.05, 0.1) is 5.69 Å². The van der Waals surface area contributed by atoms with Gasteiger partial charge in [0.1, 0.15) is 0 Å². The third-order valence-electron chi connectivity index (χ3n) is 3.40. The van der Waals surface area contributed by atoms with Gasteiger partial charge in [-0.05, 0) is 30.4 Å². The van der Waals surface area contributed by atoms with Crippen LogP contribution in [0.15, 0.2) is 18.3 Å². The molecule has 1 heterocycles. The maximum Gasteiger partial charge on any atom is 0.253 e. The van der Waals surface area contributed by atoms with Crippen molar-refractivity contribution in [3.05, 3.63) is 29.6 Å². The van der Waals surface area contributed by atoms with Crippen LogP contribution < -0.4 is 5.73 Å². The fourth-order valence-corrected chi connectivity index (χ4v) is 2.03. The lowest BCUT2D eigenvalue weighted by atomic mass is 10.2. The van der Waals surface area contributed by atoms with E-state index >= 15 is 0 Å². The first-order valence-corrected chi connectivity index (χ1v) is 6.02. The van der Waals surface area contributed by atoms with E-state index in [9.17, 15) is 4.79 Å². The first kappa shape index (κ1) is 12.0. The summed E-state index contributed by atoms with van der Waals surface area (Å²) in [6.45, 7) is 3.44. The Bertz CT molecular complexity index is 419. The van der Waals surface area contributed by atoms with E-state index in [4.69, 9.17) is 5.73 Å². The molecule has 17 heavy (non-hydrogen) atoms. The molecule has 0 spiro atoms. The topological polar surface area (TPSA) is 59.2 Å². The molecule has 92 valence electrons. The quantitative estimate of drug-likeness (QED) is 0.852. The maximum atomic E-state index is 12.1. The maximum absolute atomic E-state index is 12.1. The van der Waals surface area contributed by atoms with Crippen LogP contribution in [0.2, 0.25) is 0 Å². The summed E-state index contributed by atoms with van der Waals surface area (Å²) in [6.07, 6.45) is 2.88. The van der Waals surface area contributed by atoms with Crippen molar-refractivity contribution < 1.29 is 4.79 Å². The van der Waals surface area contributed by atoms with E-state index < -0.39 is 0 Å². The Morgan fingerprint density at radius 2 is 2.35 bits per heavy atom. The van der Waals surface area contributed by atoms with Crippen LogP contribution in [-0.2, 0) is 6.54 Å². The Balaban J connectivity index is 2.02. The Morgan fingerprint density at radius 3 is 2.94 bits per heavy atom. The molecule has 1 fully saturated rings. The standard InChI is InChI=1S/C13H19N3O/c1-9-5-11(9)8-16(2)13(17)10-3-4-15-12(6-10)7-14/h3-4,6,9,11H,5,7-8,14H2,1-2H3. The molecule has 4 heteroatoms. The third kappa shape index (κ3) is 2.82. The molecule has 1 aromatic rings. The number of nitrogens with zero attached hydrogens (tertiary/aromatic N) is 2. The van der Waals surface area contributed by atoms with E-state index in [1.165, 1.54) is 6.42 Å². The second kappa shape index (κ2) is 4.84. The first-order valence-electron chi connectivity index (χ1n) is 6.02. The lowest BCUT2D eigenvalue weighted by Crippen LogP contribution is -2.29. The van der Waals surface area contributed by atoms with E-state index in [-0.39, 0.29) is 5.91 Å². The molecule has 0 aromatic carbocycles. The summed E-state index contributed by atoms with van der Waals surface area (Å²) in [5, 5.41) is 0. The fraction of sp³-hybridized carbons (Fsp3) is 0.538. The molecule has 1 amide bonds. The van der Waals surface area contributed by atoms with Crippen LogP contribution in [0.3, 0.4) is 0 Å². The molecule has 1 aliphatic carbocycles. The number of hydrogen-bond donors (Lipinski definition) is 1. The number of hydrogen-bond acceptors (Lipinski definition) is 3. The van der Waals surface area contributed by atoms with Crippen molar-refractivity contribution >= 4 is 5.91 Å². The van der Waals surface area contributed by atoms with Gasteiger partial charge in [0, 0.05) is 31.9 Å². The lowest BCUT2D eigenvalue weighted by Gasteiger charge is -2.17. The molecular formula is C13H19N3O. The van der Waals surface area contributed by atoms with Crippen LogP contribution in [0.25, 0.3) is 0 Å². The molecule has 2 unspecified atom stereocenters. The second-order valence-electron chi connectivity index (χ2n) is 4.90. The minimum absolute atomic E-state index is 0.0567. The number of aromatic nitrogens is 1. The van der Waals surface area contributed by atoms with Gasteiger partial charge in [-0.1, -0.05) is 6.92 Å². The number of rotatable bonds is 4. The fourth-order valence-electron chi connectivity index (χ4n) is 2.03. The van der Waals surface area contributed by atoms with Gasteiger partial charge in [0.15, 0.2) is 0 Å². The normalized spacial score (nSPS) is 22.3. The summed E-state index contributed by atoms with van der Waals surface area (Å²) in [6, 6.07) is 3.52. The van der Waals surface area contributed by atoms with E-state index in [1.54, 1.807) is 23.2 Å². The highest BCUT2D eigenvalue weighted by atomic mass is 16.2. The summed E-state index contributed by atoms with van der Waals surface area (Å²) in [5.41, 5.74) is 6.95. The van der Waals surface area contributed by atoms with Crippen LogP contribution in [0.4, 0.5) is 0 Å². The van der Waals surface area contributed by atoms with Crippen LogP contribution in [0, 0.1) is 11.8 Å². The van der Waals surface area contributed by atoms with Crippen LogP contribution >= 0.6 is 0 Å². The molecule has 2 N–H and O–H groups in total. The number of carbonyl (C=O) groups excluding carboxylic acids is 1. The predicted molar refractivity (Wildman–Crippen MR) is 66.4 cm³/mol. The summed E-state index contributed by atoms with van der Waals surface area (Å²) in [5.74, 6) is 1.50. The van der Waals surface area contributed by atoms with Gasteiger partial charge in [-0.2, -0.15) is 0 Å². The van der Waals surface area contributed by atoms with Gasteiger partial charge in [-0.25, -0.2) is 0 Å². The predicted octanol–water partition coefficient (Wildman–Crippen LogP) is 1.27. The van der Waals surface area contributed by atoms with E-state index in [1.807, 2.05) is 7.05 Å². The molecule has 1 aromatic heterocycles. The van der Waals surface area contributed by atoms with Crippen molar-refractivity contribution in [1.29, 1.82) is 0 Å². The molecule has 0 saturated heterocycles. The van der Waals surface area contributed by atoms with Crippen molar-refractivity contribution in [2.75, 3.05) is 13.6 Å². The Hall–Kier alpha value is -1.42. The lowest BCUT2D eigenvalue weighted by molar-refractivity contribution is 0.0787. The highest BCUT2D eigenvalue weighted by Crippen LogP contribution is 2.38. The summed E-state index contributed by atoms with van der Waals surface area (Å²) in [7, 11) is 1.86. The van der Waals surface area contributed by atoms with Crippen molar-refractivity contribution in [2.24, 2.45) is 17.6 Å². The monoisotopic (exact) mass is 233 g/mol. The van der Waals surface area contributed by atoms with Crippen LogP contribution in [0.5, 0.6) is 0 Å². The first-order chi connectivity index (χ1) is 8.11. The smallest absolute Gasteiger partial charge is 0.253 e. The highest BCUT2D eigenvalue weighted by molar-refractivity contribution is 5.94. The molecule has 2 atom stereocenters. The number of carbonyl (C=O) groups is 1. The number of pyridine rings is 1. The zero-order chi connectivity index (χ0) is 12.4. The van der Waals surface area contributed by atoms with Gasteiger partial charge in [-0.3, -0.25) is 9.78 Å². The van der Waals surface area contributed by atoms with Crippen molar-refractivity contribution in [2.45, 2.75) is 19.9 Å². The number of nitrogens with two attached hydrogens (primary N) is 1. The Kier molecular flexibility index (Phi) is 3.43. The van der Waals surface area contributed by atoms with Crippen LogP contribution in [0.1, 0.15) is 29.4 Å². The minimum atomic E-state index is 0.0567. The van der Waals surface area contributed by atoms with Gasteiger partial charge in [0.25, 0.3) is 5.91 Å². The molecule has 1 saturated carbocycles. The highest BCUT2D eigenvalue weighted by Gasteiger charge is 2.34. The third-order valence-corrected chi connectivity index (χ3v) is 3.40. The average molecular weight is 233 g/mol. The van der Waals surface area contributed by atoms with Crippen LogP contribution in [-0.4, -0.2) is 29.4 Å². The zero-order valence-corrected chi connectivity index (χ0v) is 10.4. The Labute approximate surface area is 102 Å². The molecule has 1 aliphatic rings. The molecule has 0 bridgehead atoms. The van der Waals surface area contributed by atoms with E-state index in [0.29, 0.717) is 18.0 Å². The summed E-state index contributed by atoms with van der Waals surface area (Å²) in [4.78, 5) is 18.0. The molecule has 0 aliphatic heterocycles. The van der Waals surface area contributed by atoms with Crippen molar-refractivity contribution in [1.82, 2.24) is 9.88 Å². The van der Waals surface area contributed by atoms with Crippen molar-refractivity contribution in [3.8, 4) is 0 Å². The van der Waals surface area contributed by atoms with Crippen molar-refractivity contribution in [3.63, 3.8) is 0 Å². The Morgan fingerprint density at radius 1 is 1.65 bits per heavy atom. The van der Waals surface area contributed by atoms with Gasteiger partial charge in [0.2, 0.25) is 0 Å². The molecule has 2 rings (SSSR count). The summed E-state index contributed by atoms with van der Waals surface area (Å²) < 4.78 is 0. The van der Waals surface area contributed by atoms with Gasteiger partial charge < -0.3 is 10.6 Å². The summed E-state index contributed by atoms with van der Waals surface area (Å²) >= 11 is 0. The average Bonchev–Trinajstić information content (AvgIpc) is 3.04. The molecule has 4 nitrogen and oxygen atoms in total. The largest absolute Gasteiger partial charge is 0.341 e. The number of amides is 1. The van der Waals surface area contributed by atoms with E-state index in [0.717, 1.165) is 18.2 Å².